The fourth-order valence-electron chi connectivity index (χ4n) is 10.8. The van der Waals surface area contributed by atoms with Gasteiger partial charge in [0.25, 0.3) is 0 Å². The summed E-state index contributed by atoms with van der Waals surface area (Å²) in [6.07, 6.45) is 51.4. The second-order valence-electron chi connectivity index (χ2n) is 26.1. The lowest BCUT2D eigenvalue weighted by Crippen LogP contribution is -2.30. The lowest BCUT2D eigenvalue weighted by atomic mass is 10.0. The van der Waals surface area contributed by atoms with E-state index in [2.05, 4.69) is 34.6 Å². The molecule has 0 aliphatic rings. The molecule has 534 valence electrons. The van der Waals surface area contributed by atoms with Gasteiger partial charge in [-0.15, -0.1) is 0 Å². The Balaban J connectivity index is 5.20. The van der Waals surface area contributed by atoms with E-state index in [0.717, 1.165) is 109 Å². The van der Waals surface area contributed by atoms with Crippen LogP contribution in [0, 0.1) is 5.92 Å². The van der Waals surface area contributed by atoms with Crippen molar-refractivity contribution in [2.24, 2.45) is 5.92 Å². The molecule has 0 aliphatic carbocycles. The Labute approximate surface area is 549 Å². The van der Waals surface area contributed by atoms with Crippen molar-refractivity contribution in [1.29, 1.82) is 0 Å². The van der Waals surface area contributed by atoms with E-state index in [9.17, 15) is 43.2 Å². The predicted molar refractivity (Wildman–Crippen MR) is 363 cm³/mol. The van der Waals surface area contributed by atoms with E-state index in [-0.39, 0.29) is 25.7 Å². The molecule has 5 atom stereocenters. The highest BCUT2D eigenvalue weighted by atomic mass is 31.2. The second-order valence-corrected chi connectivity index (χ2v) is 29.0. The van der Waals surface area contributed by atoms with Crippen LogP contribution in [0.1, 0.15) is 369 Å². The molecule has 2 unspecified atom stereocenters. The smallest absolute Gasteiger partial charge is 0.462 e. The van der Waals surface area contributed by atoms with Crippen LogP contribution in [0.5, 0.6) is 0 Å². The van der Waals surface area contributed by atoms with E-state index in [1.54, 1.807) is 0 Å². The van der Waals surface area contributed by atoms with Gasteiger partial charge in [0.1, 0.15) is 19.3 Å². The zero-order chi connectivity index (χ0) is 66.3. The first-order chi connectivity index (χ1) is 43.5. The molecule has 3 N–H and O–H groups in total. The van der Waals surface area contributed by atoms with Gasteiger partial charge in [-0.25, -0.2) is 9.13 Å². The monoisotopic (exact) mass is 1320 g/mol. The van der Waals surface area contributed by atoms with Gasteiger partial charge in [-0.3, -0.25) is 37.3 Å². The SMILES string of the molecule is CCCCCCCCCCCCCCCCCCCC(=O)O[C@H](COC(=O)CCCCCCCCCCCCCC(C)C)COP(=O)(O)OC[C@@H](O)COP(=O)(O)OC[C@@H](COC(=O)CCCCCCCCC)OC(=O)CCCCCCCCCCCCCC. The minimum Gasteiger partial charge on any atom is -0.462 e. The summed E-state index contributed by atoms with van der Waals surface area (Å²) in [4.78, 5) is 72.5. The molecule has 0 amide bonds. The number of hydrogen-bond donors (Lipinski definition) is 3. The molecule has 0 bridgehead atoms. The maximum atomic E-state index is 13.0. The Morgan fingerprint density at radius 2 is 0.511 bits per heavy atom. The third kappa shape index (κ3) is 64.8. The van der Waals surface area contributed by atoms with Gasteiger partial charge < -0.3 is 33.8 Å². The zero-order valence-electron chi connectivity index (χ0n) is 58.3. The summed E-state index contributed by atoms with van der Waals surface area (Å²) < 4.78 is 68.2. The van der Waals surface area contributed by atoms with Crippen molar-refractivity contribution in [2.75, 3.05) is 39.6 Å². The summed E-state index contributed by atoms with van der Waals surface area (Å²) in [6, 6.07) is 0. The Morgan fingerprint density at radius 1 is 0.300 bits per heavy atom. The summed E-state index contributed by atoms with van der Waals surface area (Å²) in [5.74, 6) is -1.35. The third-order valence-electron chi connectivity index (χ3n) is 16.5. The van der Waals surface area contributed by atoms with Gasteiger partial charge in [-0.05, 0) is 31.6 Å². The number of unbranched alkanes of at least 4 members (excludes halogenated alkanes) is 43. The van der Waals surface area contributed by atoms with Crippen LogP contribution >= 0.6 is 15.6 Å². The van der Waals surface area contributed by atoms with Gasteiger partial charge in [0.15, 0.2) is 12.2 Å². The van der Waals surface area contributed by atoms with Gasteiger partial charge >= 0.3 is 39.5 Å². The molecule has 0 saturated heterocycles. The van der Waals surface area contributed by atoms with Crippen LogP contribution in [0.3, 0.4) is 0 Å². The summed E-state index contributed by atoms with van der Waals surface area (Å²) in [7, 11) is -9.90. The minimum atomic E-state index is -4.95. The summed E-state index contributed by atoms with van der Waals surface area (Å²) in [5.41, 5.74) is 0. The Morgan fingerprint density at radius 3 is 0.756 bits per heavy atom. The highest BCUT2D eigenvalue weighted by molar-refractivity contribution is 7.47. The van der Waals surface area contributed by atoms with Gasteiger partial charge in [-0.1, -0.05) is 317 Å². The quantitative estimate of drug-likeness (QED) is 0.0222. The number of rotatable bonds is 71. The maximum absolute atomic E-state index is 13.0. The van der Waals surface area contributed by atoms with Crippen LogP contribution in [0.25, 0.3) is 0 Å². The maximum Gasteiger partial charge on any atom is 0.472 e. The third-order valence-corrected chi connectivity index (χ3v) is 18.4. The molecule has 17 nitrogen and oxygen atoms in total. The van der Waals surface area contributed by atoms with Crippen LogP contribution in [-0.2, 0) is 65.4 Å². The highest BCUT2D eigenvalue weighted by Crippen LogP contribution is 2.45. The molecule has 0 heterocycles. The second kappa shape index (κ2) is 64.4. The predicted octanol–water partition coefficient (Wildman–Crippen LogP) is 20.5. The first-order valence-electron chi connectivity index (χ1n) is 37.1. The van der Waals surface area contributed by atoms with Gasteiger partial charge in [-0.2, -0.15) is 0 Å². The molecule has 0 spiro atoms. The zero-order valence-corrected chi connectivity index (χ0v) is 60.1. The molecule has 0 fully saturated rings. The highest BCUT2D eigenvalue weighted by Gasteiger charge is 2.30. The van der Waals surface area contributed by atoms with Gasteiger partial charge in [0.2, 0.25) is 0 Å². The minimum absolute atomic E-state index is 0.107. The molecule has 0 rings (SSSR count). The van der Waals surface area contributed by atoms with E-state index >= 15 is 0 Å². The molecular weight excluding hydrogens is 1190 g/mol. The molecule has 0 aromatic heterocycles. The van der Waals surface area contributed by atoms with Crippen LogP contribution in [0.15, 0.2) is 0 Å². The van der Waals surface area contributed by atoms with Crippen LogP contribution in [0.2, 0.25) is 0 Å². The Hall–Kier alpha value is -1.94. The van der Waals surface area contributed by atoms with Gasteiger partial charge in [0, 0.05) is 25.7 Å². The van der Waals surface area contributed by atoms with Crippen molar-refractivity contribution < 1.29 is 80.2 Å². The van der Waals surface area contributed by atoms with Crippen molar-refractivity contribution >= 4 is 39.5 Å². The Kier molecular flexibility index (Phi) is 63.0. The van der Waals surface area contributed by atoms with E-state index in [0.29, 0.717) is 25.7 Å². The van der Waals surface area contributed by atoms with Crippen molar-refractivity contribution in [3.63, 3.8) is 0 Å². The number of phosphoric acid groups is 2. The number of aliphatic hydroxyl groups is 1. The van der Waals surface area contributed by atoms with Crippen LogP contribution in [-0.4, -0.2) is 96.7 Å². The molecule has 0 aromatic carbocycles. The molecule has 0 radical (unpaired) electrons. The van der Waals surface area contributed by atoms with E-state index in [1.165, 1.54) is 180 Å². The number of phosphoric ester groups is 2. The van der Waals surface area contributed by atoms with Crippen molar-refractivity contribution in [3.05, 3.63) is 0 Å². The van der Waals surface area contributed by atoms with Crippen molar-refractivity contribution in [3.8, 4) is 0 Å². The first kappa shape index (κ1) is 88.1. The van der Waals surface area contributed by atoms with Crippen molar-refractivity contribution in [1.82, 2.24) is 0 Å². The largest absolute Gasteiger partial charge is 0.472 e. The normalized spacial score (nSPS) is 14.1. The number of aliphatic hydroxyl groups excluding tert-OH is 1. The summed E-state index contributed by atoms with van der Waals surface area (Å²) >= 11 is 0. The molecule has 0 aromatic rings. The average molecular weight is 1330 g/mol. The molecule has 90 heavy (non-hydrogen) atoms. The lowest BCUT2D eigenvalue weighted by Gasteiger charge is -2.21. The topological polar surface area (TPSA) is 237 Å². The van der Waals surface area contributed by atoms with Crippen LogP contribution < -0.4 is 0 Å². The standard InChI is InChI=1S/C71H138O17P2/c1-6-9-12-15-18-20-22-24-25-26-27-28-32-37-42-47-52-57-71(76)88-67(61-82-69(74)55-50-45-40-35-33-29-30-34-39-43-48-53-64(4)5)63-86-90(79,80)84-59-65(72)58-83-89(77,78)85-62-66(60-81-68(73)54-49-44-38-17-14-11-8-3)87-70(75)56-51-46-41-36-31-23-21-19-16-13-10-7-2/h64-67,72H,6-63H2,1-5H3,(H,77,78)(H,79,80)/t65-,66+,67+/m0/s1. The molecular formula is C71H138O17P2. The van der Waals surface area contributed by atoms with E-state index in [4.69, 9.17) is 37.0 Å². The first-order valence-corrected chi connectivity index (χ1v) is 40.1. The molecule has 19 heteroatoms. The van der Waals surface area contributed by atoms with E-state index < -0.39 is 97.5 Å². The fourth-order valence-corrected chi connectivity index (χ4v) is 12.4. The number of esters is 4. The number of ether oxygens (including phenoxy) is 4. The van der Waals surface area contributed by atoms with Crippen molar-refractivity contribution in [2.45, 2.75) is 387 Å². The lowest BCUT2D eigenvalue weighted by molar-refractivity contribution is -0.161. The fraction of sp³-hybridized carbons (Fsp3) is 0.944. The van der Waals surface area contributed by atoms with Gasteiger partial charge in [0.05, 0.1) is 26.4 Å². The Bertz CT molecular complexity index is 1740. The van der Waals surface area contributed by atoms with E-state index in [1.807, 2.05) is 0 Å². The number of carbonyl (C=O) groups is 4. The molecule has 0 aliphatic heterocycles. The number of carbonyl (C=O) groups excluding carboxylic acids is 4. The summed E-state index contributed by atoms with van der Waals surface area (Å²) in [5, 5.41) is 10.6. The van der Waals surface area contributed by atoms with Crippen LogP contribution in [0.4, 0.5) is 0 Å². The average Bonchev–Trinajstić information content (AvgIpc) is 3.59. The molecule has 0 saturated carbocycles. The number of hydrogen-bond acceptors (Lipinski definition) is 15. The summed E-state index contributed by atoms with van der Waals surface area (Å²) in [6.45, 7) is 7.22.